The molecule has 1 aliphatic heterocycles. The Morgan fingerprint density at radius 2 is 2.00 bits per heavy atom. The SMILES string of the molecule is CN1CCC(c2c(F)cnc(N)c2N)CC1. The molecule has 0 unspecified atom stereocenters. The highest BCUT2D eigenvalue weighted by atomic mass is 19.1. The quantitative estimate of drug-likeness (QED) is 0.752. The van der Waals surface area contributed by atoms with Crippen LogP contribution in [0.4, 0.5) is 15.9 Å². The first kappa shape index (κ1) is 11.1. The van der Waals surface area contributed by atoms with E-state index in [9.17, 15) is 4.39 Å². The number of nitrogens with two attached hydrogens (primary N) is 2. The average Bonchev–Trinajstić information content (AvgIpc) is 2.27. The van der Waals surface area contributed by atoms with Crippen molar-refractivity contribution >= 4 is 11.5 Å². The van der Waals surface area contributed by atoms with E-state index in [0.29, 0.717) is 11.3 Å². The summed E-state index contributed by atoms with van der Waals surface area (Å²) in [6.45, 7) is 1.93. The fraction of sp³-hybridized carbons (Fsp3) is 0.545. The van der Waals surface area contributed by atoms with Crippen LogP contribution in [0.1, 0.15) is 24.3 Å². The van der Waals surface area contributed by atoms with Gasteiger partial charge in [-0.2, -0.15) is 0 Å². The maximum atomic E-state index is 13.7. The van der Waals surface area contributed by atoms with E-state index in [1.54, 1.807) is 0 Å². The first-order valence-electron chi connectivity index (χ1n) is 5.47. The number of halogens is 1. The van der Waals surface area contributed by atoms with Gasteiger partial charge in [0.25, 0.3) is 0 Å². The molecule has 2 rings (SSSR count). The molecule has 0 bridgehead atoms. The maximum absolute atomic E-state index is 13.7. The van der Waals surface area contributed by atoms with Gasteiger partial charge in [-0.1, -0.05) is 0 Å². The van der Waals surface area contributed by atoms with Crippen LogP contribution in [0.25, 0.3) is 0 Å². The van der Waals surface area contributed by atoms with Gasteiger partial charge in [-0.25, -0.2) is 9.37 Å². The predicted octanol–water partition coefficient (Wildman–Crippen LogP) is 1.19. The monoisotopic (exact) mass is 224 g/mol. The molecule has 1 aromatic heterocycles. The van der Waals surface area contributed by atoms with Crippen LogP contribution in [0.2, 0.25) is 0 Å². The van der Waals surface area contributed by atoms with Crippen LogP contribution in [-0.4, -0.2) is 30.0 Å². The molecule has 1 aliphatic rings. The topological polar surface area (TPSA) is 68.2 Å². The van der Waals surface area contributed by atoms with E-state index < -0.39 is 0 Å². The van der Waals surface area contributed by atoms with Crippen LogP contribution in [0, 0.1) is 5.82 Å². The van der Waals surface area contributed by atoms with E-state index in [2.05, 4.69) is 16.9 Å². The number of pyridine rings is 1. The lowest BCUT2D eigenvalue weighted by molar-refractivity contribution is 0.253. The molecule has 1 fully saturated rings. The Kier molecular flexibility index (Phi) is 2.96. The zero-order chi connectivity index (χ0) is 11.7. The molecular formula is C11H17FN4. The minimum absolute atomic E-state index is 0.168. The van der Waals surface area contributed by atoms with E-state index in [0.717, 1.165) is 25.9 Å². The lowest BCUT2D eigenvalue weighted by Crippen LogP contribution is -2.30. The van der Waals surface area contributed by atoms with Crippen molar-refractivity contribution in [2.75, 3.05) is 31.6 Å². The Hall–Kier alpha value is -1.36. The van der Waals surface area contributed by atoms with Crippen molar-refractivity contribution in [3.8, 4) is 0 Å². The molecule has 4 nitrogen and oxygen atoms in total. The fourth-order valence-corrected chi connectivity index (χ4v) is 2.24. The molecule has 1 saturated heterocycles. The van der Waals surface area contributed by atoms with Gasteiger partial charge in [-0.3, -0.25) is 0 Å². The third kappa shape index (κ3) is 1.95. The molecule has 0 atom stereocenters. The third-order valence-corrected chi connectivity index (χ3v) is 3.27. The highest BCUT2D eigenvalue weighted by molar-refractivity contribution is 5.64. The van der Waals surface area contributed by atoms with Gasteiger partial charge in [-0.05, 0) is 38.9 Å². The van der Waals surface area contributed by atoms with Gasteiger partial charge in [0, 0.05) is 5.56 Å². The Morgan fingerprint density at radius 1 is 1.38 bits per heavy atom. The van der Waals surface area contributed by atoms with E-state index in [1.807, 2.05) is 0 Å². The Balaban J connectivity index is 2.29. The molecule has 5 heteroatoms. The van der Waals surface area contributed by atoms with Crippen molar-refractivity contribution in [1.29, 1.82) is 0 Å². The molecule has 2 heterocycles. The summed E-state index contributed by atoms with van der Waals surface area (Å²) in [5.41, 5.74) is 12.3. The average molecular weight is 224 g/mol. The van der Waals surface area contributed by atoms with Crippen LogP contribution < -0.4 is 11.5 Å². The zero-order valence-corrected chi connectivity index (χ0v) is 9.41. The van der Waals surface area contributed by atoms with Crippen molar-refractivity contribution in [3.63, 3.8) is 0 Å². The highest BCUT2D eigenvalue weighted by Crippen LogP contribution is 2.34. The summed E-state index contributed by atoms with van der Waals surface area (Å²) in [7, 11) is 2.07. The summed E-state index contributed by atoms with van der Waals surface area (Å²) in [5, 5.41) is 0. The molecule has 0 radical (unpaired) electrons. The number of hydrogen-bond donors (Lipinski definition) is 2. The van der Waals surface area contributed by atoms with Crippen LogP contribution in [0.5, 0.6) is 0 Å². The van der Waals surface area contributed by atoms with Crippen molar-refractivity contribution < 1.29 is 4.39 Å². The number of nitrogens with zero attached hydrogens (tertiary/aromatic N) is 2. The van der Waals surface area contributed by atoms with Crippen LogP contribution in [-0.2, 0) is 0 Å². The van der Waals surface area contributed by atoms with Crippen molar-refractivity contribution in [2.45, 2.75) is 18.8 Å². The Bertz CT molecular complexity index is 386. The first-order valence-corrected chi connectivity index (χ1v) is 5.47. The van der Waals surface area contributed by atoms with Crippen molar-refractivity contribution in [2.24, 2.45) is 0 Å². The summed E-state index contributed by atoms with van der Waals surface area (Å²) in [5.74, 6) is 0.0677. The third-order valence-electron chi connectivity index (χ3n) is 3.27. The number of aromatic nitrogens is 1. The lowest BCUT2D eigenvalue weighted by Gasteiger charge is -2.30. The van der Waals surface area contributed by atoms with Crippen LogP contribution >= 0.6 is 0 Å². The maximum Gasteiger partial charge on any atom is 0.147 e. The number of hydrogen-bond acceptors (Lipinski definition) is 4. The van der Waals surface area contributed by atoms with Gasteiger partial charge < -0.3 is 16.4 Å². The largest absolute Gasteiger partial charge is 0.395 e. The first-order chi connectivity index (χ1) is 7.59. The summed E-state index contributed by atoms with van der Waals surface area (Å²) < 4.78 is 13.7. The molecule has 0 aliphatic carbocycles. The van der Waals surface area contributed by atoms with Gasteiger partial charge in [-0.15, -0.1) is 0 Å². The number of likely N-dealkylation sites (tertiary alicyclic amines) is 1. The van der Waals surface area contributed by atoms with Gasteiger partial charge in [0.1, 0.15) is 11.6 Å². The fourth-order valence-electron chi connectivity index (χ4n) is 2.24. The highest BCUT2D eigenvalue weighted by Gasteiger charge is 2.24. The number of nitrogen functional groups attached to an aromatic ring is 2. The summed E-state index contributed by atoms with van der Waals surface area (Å²) in [4.78, 5) is 5.95. The van der Waals surface area contributed by atoms with Gasteiger partial charge in [0.05, 0.1) is 11.9 Å². The molecule has 0 aromatic carbocycles. The number of anilines is 2. The Labute approximate surface area is 94.4 Å². The van der Waals surface area contributed by atoms with Crippen LogP contribution in [0.15, 0.2) is 6.20 Å². The van der Waals surface area contributed by atoms with E-state index in [4.69, 9.17) is 11.5 Å². The molecule has 0 amide bonds. The van der Waals surface area contributed by atoms with E-state index in [1.165, 1.54) is 6.20 Å². The van der Waals surface area contributed by atoms with Crippen molar-refractivity contribution in [3.05, 3.63) is 17.6 Å². The molecule has 0 spiro atoms. The second kappa shape index (κ2) is 4.25. The summed E-state index contributed by atoms with van der Waals surface area (Å²) in [6.07, 6.45) is 3.00. The number of rotatable bonds is 1. The molecule has 88 valence electrons. The van der Waals surface area contributed by atoms with E-state index >= 15 is 0 Å². The van der Waals surface area contributed by atoms with Crippen molar-refractivity contribution in [1.82, 2.24) is 9.88 Å². The molecular weight excluding hydrogens is 207 g/mol. The predicted molar refractivity (Wildman–Crippen MR) is 62.5 cm³/mol. The minimum atomic E-state index is -0.332. The van der Waals surface area contributed by atoms with Gasteiger partial charge in [0.2, 0.25) is 0 Å². The molecule has 4 N–H and O–H groups in total. The summed E-state index contributed by atoms with van der Waals surface area (Å²) in [6, 6.07) is 0. The normalized spacial score (nSPS) is 18.9. The Morgan fingerprint density at radius 3 is 2.62 bits per heavy atom. The van der Waals surface area contributed by atoms with E-state index in [-0.39, 0.29) is 17.6 Å². The molecule has 16 heavy (non-hydrogen) atoms. The zero-order valence-electron chi connectivity index (χ0n) is 9.41. The van der Waals surface area contributed by atoms with Crippen LogP contribution in [0.3, 0.4) is 0 Å². The minimum Gasteiger partial charge on any atom is -0.395 e. The second-order valence-corrected chi connectivity index (χ2v) is 4.40. The smallest absolute Gasteiger partial charge is 0.147 e. The standard InChI is InChI=1S/C11H17FN4/c1-16-4-2-7(3-5-16)9-8(12)6-15-11(14)10(9)13/h6-7H,2-5,13H2,1H3,(H2,14,15). The van der Waals surface area contributed by atoms with Gasteiger partial charge >= 0.3 is 0 Å². The molecule has 0 saturated carbocycles. The second-order valence-electron chi connectivity index (χ2n) is 4.40. The van der Waals surface area contributed by atoms with Gasteiger partial charge in [0.15, 0.2) is 0 Å². The number of piperidine rings is 1. The summed E-state index contributed by atoms with van der Waals surface area (Å²) >= 11 is 0. The lowest BCUT2D eigenvalue weighted by atomic mass is 9.88. The molecule has 1 aromatic rings.